The van der Waals surface area contributed by atoms with Crippen LogP contribution in [0, 0.1) is 0 Å². The molecule has 1 aliphatic rings. The van der Waals surface area contributed by atoms with Crippen molar-refractivity contribution >= 4 is 0 Å². The first-order chi connectivity index (χ1) is 6.79. The van der Waals surface area contributed by atoms with Gasteiger partial charge in [0.25, 0.3) is 0 Å². The van der Waals surface area contributed by atoms with Crippen molar-refractivity contribution in [3.05, 3.63) is 0 Å². The minimum Gasteiger partial charge on any atom is -1.00 e. The summed E-state index contributed by atoms with van der Waals surface area (Å²) < 4.78 is 2.49. The Bertz CT molecular complexity index is 137. The van der Waals surface area contributed by atoms with Gasteiger partial charge in [0.2, 0.25) is 0 Å². The molecule has 102 valence electrons. The molecule has 0 aromatic heterocycles. The predicted molar refractivity (Wildman–Crippen MR) is 56.8 cm³/mol. The maximum atomic E-state index is 2.49. The van der Waals surface area contributed by atoms with Crippen molar-refractivity contribution in [3.8, 4) is 0 Å². The monoisotopic (exact) mass is 336 g/mol. The summed E-state index contributed by atoms with van der Waals surface area (Å²) in [6.45, 7) is 5.17. The van der Waals surface area contributed by atoms with Crippen LogP contribution in [0.1, 0.15) is 38.5 Å². The molecule has 0 radical (unpaired) electrons. The van der Waals surface area contributed by atoms with Crippen LogP contribution < -0.4 is 37.2 Å². The smallest absolute Gasteiger partial charge is 1.00 e. The molecule has 0 aromatic carbocycles. The van der Waals surface area contributed by atoms with Crippen LogP contribution in [0.5, 0.6) is 0 Å². The molecule has 1 fully saturated rings. The van der Waals surface area contributed by atoms with Crippen LogP contribution in [-0.4, -0.2) is 41.5 Å². The first-order valence-corrected chi connectivity index (χ1v) is 6.63. The second kappa shape index (κ2) is 15.6. The van der Waals surface area contributed by atoms with Crippen LogP contribution in [0.3, 0.4) is 0 Å². The zero-order valence-electron chi connectivity index (χ0n) is 10.6. The molecule has 6 heteroatoms. The van der Waals surface area contributed by atoms with Gasteiger partial charge in [0.15, 0.2) is 0 Å². The van der Waals surface area contributed by atoms with E-state index < -0.39 is 0 Å². The van der Waals surface area contributed by atoms with E-state index in [2.05, 4.69) is 36.0 Å². The number of hydrogen-bond acceptors (Lipinski definition) is 2. The molecular weight excluding hydrogens is 314 g/mol. The quantitative estimate of drug-likeness (QED) is 0.406. The van der Waals surface area contributed by atoms with Gasteiger partial charge in [-0.2, -0.15) is 0 Å². The zero-order valence-corrected chi connectivity index (χ0v) is 14.4. The second-order valence-electron chi connectivity index (χ2n) is 4.41. The Hall–Kier alpha value is 1.50. The third-order valence-electron chi connectivity index (χ3n) is 2.94. The van der Waals surface area contributed by atoms with E-state index in [1.165, 1.54) is 64.7 Å². The number of halogens is 3. The molecule has 1 rings (SSSR count). The van der Waals surface area contributed by atoms with Gasteiger partial charge < -0.3 is 37.2 Å². The second-order valence-corrected chi connectivity index (χ2v) is 5.40. The van der Waals surface area contributed by atoms with E-state index in [4.69, 9.17) is 0 Å². The van der Waals surface area contributed by atoms with E-state index in [1.807, 2.05) is 0 Å². The van der Waals surface area contributed by atoms with Crippen molar-refractivity contribution in [1.82, 2.24) is 8.28 Å². The molecule has 0 aliphatic carbocycles. The minimum atomic E-state index is 0. The fourth-order valence-electron chi connectivity index (χ4n) is 1.95. The summed E-state index contributed by atoms with van der Waals surface area (Å²) in [5, 5.41) is 0. The normalized spacial score (nSPS) is 20.9. The molecule has 0 aromatic rings. The van der Waals surface area contributed by atoms with Crippen LogP contribution in [0.15, 0.2) is 0 Å². The van der Waals surface area contributed by atoms with Gasteiger partial charge in [-0.15, -0.1) is 0 Å². The average molecular weight is 338 g/mol. The summed E-state index contributed by atoms with van der Waals surface area (Å²) in [5.41, 5.74) is 0. The number of nitrogens with zero attached hydrogens (tertiary/aromatic N) is 2. The van der Waals surface area contributed by atoms with Gasteiger partial charge in [-0.1, -0.05) is 0 Å². The molecule has 17 heavy (non-hydrogen) atoms. The van der Waals surface area contributed by atoms with Gasteiger partial charge in [0.1, 0.15) is 0 Å². The maximum absolute atomic E-state index is 2.49. The SMILES string of the molecule is CN1CCCCCC[N]([Ti+3])CCCC1.[Cl-].[Cl-].[Cl-]. The van der Waals surface area contributed by atoms with Gasteiger partial charge in [0, 0.05) is 0 Å². The largest absolute Gasteiger partial charge is 1.00 e. The summed E-state index contributed by atoms with van der Waals surface area (Å²) >= 11 is 2.26. The molecular formula is C11H23Cl3N2Ti. The van der Waals surface area contributed by atoms with Crippen molar-refractivity contribution in [1.29, 1.82) is 0 Å². The van der Waals surface area contributed by atoms with Gasteiger partial charge in [-0.25, -0.2) is 0 Å². The Kier molecular flexibility index (Phi) is 21.6. The summed E-state index contributed by atoms with van der Waals surface area (Å²) in [6.07, 6.45) is 8.33. The molecule has 0 unspecified atom stereocenters. The first-order valence-electron chi connectivity index (χ1n) is 5.94. The Morgan fingerprint density at radius 3 is 1.53 bits per heavy atom. The van der Waals surface area contributed by atoms with Crippen molar-refractivity contribution in [2.75, 3.05) is 33.2 Å². The van der Waals surface area contributed by atoms with E-state index in [1.54, 1.807) is 0 Å². The van der Waals surface area contributed by atoms with Crippen LogP contribution in [-0.2, 0) is 20.7 Å². The van der Waals surface area contributed by atoms with E-state index in [0.717, 1.165) is 0 Å². The third-order valence-corrected chi connectivity index (χ3v) is 3.63. The summed E-state index contributed by atoms with van der Waals surface area (Å²) in [6, 6.07) is 0. The van der Waals surface area contributed by atoms with Crippen molar-refractivity contribution in [3.63, 3.8) is 0 Å². The van der Waals surface area contributed by atoms with Gasteiger partial charge in [-0.05, 0) is 0 Å². The number of rotatable bonds is 0. The Morgan fingerprint density at radius 1 is 0.647 bits per heavy atom. The van der Waals surface area contributed by atoms with E-state index in [9.17, 15) is 0 Å². The standard InChI is InChI=1S/C11H23N2.3ClH.Ti/c1-13-10-6-3-2-4-8-12-9-5-7-11-13;;;;/h2-11H2,1H3;3*1H;/q-1;;;;+4/p-3. The summed E-state index contributed by atoms with van der Waals surface area (Å²) in [4.78, 5) is 2.49. The Labute approximate surface area is 137 Å². The van der Waals surface area contributed by atoms with Gasteiger partial charge in [0.05, 0.1) is 0 Å². The molecule has 0 bridgehead atoms. The molecule has 0 saturated carbocycles. The van der Waals surface area contributed by atoms with Crippen LogP contribution in [0.25, 0.3) is 0 Å². The molecule has 0 N–H and O–H groups in total. The molecule has 0 spiro atoms. The third kappa shape index (κ3) is 13.7. The fourth-order valence-corrected chi connectivity index (χ4v) is 2.44. The predicted octanol–water partition coefficient (Wildman–Crippen LogP) is -6.95. The van der Waals surface area contributed by atoms with Crippen LogP contribution >= 0.6 is 0 Å². The Morgan fingerprint density at radius 2 is 1.00 bits per heavy atom. The maximum Gasteiger partial charge on any atom is -1.00 e. The topological polar surface area (TPSA) is 6.48 Å². The molecule has 2 nitrogen and oxygen atoms in total. The minimum absolute atomic E-state index is 0. The van der Waals surface area contributed by atoms with E-state index in [0.29, 0.717) is 0 Å². The first kappa shape index (κ1) is 23.6. The summed E-state index contributed by atoms with van der Waals surface area (Å²) in [5.74, 6) is 0. The molecule has 1 heterocycles. The molecule has 0 amide bonds. The number of hydrogen-bond donors (Lipinski definition) is 0. The van der Waals surface area contributed by atoms with Gasteiger partial charge >= 0.3 is 101 Å². The average Bonchev–Trinajstić information content (AvgIpc) is 2.16. The van der Waals surface area contributed by atoms with Crippen molar-refractivity contribution in [2.24, 2.45) is 0 Å². The Balaban J connectivity index is -0.000000653. The van der Waals surface area contributed by atoms with Crippen molar-refractivity contribution in [2.45, 2.75) is 38.5 Å². The molecule has 0 atom stereocenters. The fraction of sp³-hybridized carbons (Fsp3) is 1.00. The van der Waals surface area contributed by atoms with Gasteiger partial charge in [-0.3, -0.25) is 0 Å². The van der Waals surface area contributed by atoms with E-state index >= 15 is 0 Å². The molecule has 1 saturated heterocycles. The van der Waals surface area contributed by atoms with Crippen LogP contribution in [0.4, 0.5) is 0 Å². The summed E-state index contributed by atoms with van der Waals surface area (Å²) in [7, 11) is 2.26. The zero-order chi connectivity index (χ0) is 10.2. The van der Waals surface area contributed by atoms with E-state index in [-0.39, 0.29) is 37.2 Å². The van der Waals surface area contributed by atoms with Crippen LogP contribution in [0.2, 0.25) is 0 Å². The van der Waals surface area contributed by atoms with Crippen molar-refractivity contribution < 1.29 is 57.9 Å². The molecule has 1 aliphatic heterocycles.